The monoisotopic (exact) mass is 434 g/mol. The van der Waals surface area contributed by atoms with Gasteiger partial charge in [-0.25, -0.2) is 4.39 Å². The van der Waals surface area contributed by atoms with Gasteiger partial charge in [0.25, 0.3) is 5.91 Å². The Morgan fingerprint density at radius 1 is 1.00 bits per heavy atom. The van der Waals surface area contributed by atoms with Gasteiger partial charge in [-0.05, 0) is 43.2 Å². The Kier molecular flexibility index (Phi) is 6.63. The molecule has 6 nitrogen and oxygen atoms in total. The molecule has 3 aromatic rings. The van der Waals surface area contributed by atoms with Crippen LogP contribution in [0.5, 0.6) is 5.75 Å². The molecule has 1 aliphatic rings. The fourth-order valence-electron chi connectivity index (χ4n) is 3.75. The number of aryl methyl sites for hydroxylation is 1. The minimum atomic E-state index is -0.753. The summed E-state index contributed by atoms with van der Waals surface area (Å²) < 4.78 is 19.3. The van der Waals surface area contributed by atoms with Crippen molar-refractivity contribution in [2.45, 2.75) is 26.4 Å². The molecule has 32 heavy (non-hydrogen) atoms. The topological polar surface area (TPSA) is 58.6 Å². The van der Waals surface area contributed by atoms with Gasteiger partial charge in [0.1, 0.15) is 0 Å². The summed E-state index contributed by atoms with van der Waals surface area (Å²) in [6.45, 7) is 6.18. The quantitative estimate of drug-likeness (QED) is 0.588. The summed E-state index contributed by atoms with van der Waals surface area (Å²) >= 11 is 0. The first-order chi connectivity index (χ1) is 15.5. The fraction of sp³-hybridized carbons (Fsp3) is 0.320. The van der Waals surface area contributed by atoms with Crippen LogP contribution in [0.25, 0.3) is 11.3 Å². The van der Waals surface area contributed by atoms with Gasteiger partial charge in [0.15, 0.2) is 23.5 Å². The molecule has 0 bridgehead atoms. The summed E-state index contributed by atoms with van der Waals surface area (Å²) in [6.07, 6.45) is 0.254. The molecular formula is C25H27FN4O2. The first-order valence-corrected chi connectivity index (χ1v) is 10.9. The number of anilines is 1. The first kappa shape index (κ1) is 21.7. The largest absolute Gasteiger partial charge is 0.478 e. The maximum Gasteiger partial charge on any atom is 0.263 e. The molecule has 0 saturated carbocycles. The maximum absolute atomic E-state index is 13.8. The van der Waals surface area contributed by atoms with E-state index in [4.69, 9.17) is 4.74 Å². The van der Waals surface area contributed by atoms with E-state index in [2.05, 4.69) is 46.3 Å². The maximum atomic E-state index is 13.8. The molecule has 0 aliphatic carbocycles. The van der Waals surface area contributed by atoms with E-state index in [1.54, 1.807) is 24.0 Å². The molecule has 166 valence electrons. The number of carbonyl (C=O) groups excluding carboxylic acids is 1. The van der Waals surface area contributed by atoms with Crippen molar-refractivity contribution in [1.29, 1.82) is 0 Å². The number of benzene rings is 2. The molecule has 1 unspecified atom stereocenters. The number of ether oxygens (including phenoxy) is 1. The van der Waals surface area contributed by atoms with Crippen LogP contribution in [0.3, 0.4) is 0 Å². The van der Waals surface area contributed by atoms with Crippen molar-refractivity contribution in [3.05, 3.63) is 72.0 Å². The lowest BCUT2D eigenvalue weighted by atomic mass is 10.1. The number of aromatic nitrogens is 2. The second-order valence-electron chi connectivity index (χ2n) is 7.83. The Morgan fingerprint density at radius 2 is 1.72 bits per heavy atom. The molecule has 0 radical (unpaired) electrons. The van der Waals surface area contributed by atoms with Gasteiger partial charge >= 0.3 is 0 Å². The van der Waals surface area contributed by atoms with Crippen molar-refractivity contribution in [3.8, 4) is 17.0 Å². The normalized spacial score (nSPS) is 14.8. The molecule has 1 aliphatic heterocycles. The molecule has 4 rings (SSSR count). The summed E-state index contributed by atoms with van der Waals surface area (Å²) in [7, 11) is 0. The number of hydrogen-bond donors (Lipinski definition) is 0. The number of nitrogens with zero attached hydrogens (tertiary/aromatic N) is 4. The van der Waals surface area contributed by atoms with Crippen LogP contribution in [0.15, 0.2) is 60.7 Å². The van der Waals surface area contributed by atoms with E-state index in [9.17, 15) is 9.18 Å². The molecule has 2 aromatic carbocycles. The Bertz CT molecular complexity index is 1050. The van der Waals surface area contributed by atoms with Crippen LogP contribution in [0.1, 0.15) is 19.4 Å². The van der Waals surface area contributed by atoms with Gasteiger partial charge < -0.3 is 14.5 Å². The van der Waals surface area contributed by atoms with E-state index in [0.29, 0.717) is 26.2 Å². The number of para-hydroxylation sites is 1. The Hall–Kier alpha value is -3.48. The number of piperazine rings is 1. The van der Waals surface area contributed by atoms with Gasteiger partial charge in [-0.1, -0.05) is 43.3 Å². The lowest BCUT2D eigenvalue weighted by Gasteiger charge is -2.36. The molecule has 0 spiro atoms. The van der Waals surface area contributed by atoms with Crippen LogP contribution in [0.4, 0.5) is 10.2 Å². The number of rotatable bonds is 6. The van der Waals surface area contributed by atoms with E-state index in [0.717, 1.165) is 23.5 Å². The molecule has 0 N–H and O–H groups in total. The van der Waals surface area contributed by atoms with Crippen molar-refractivity contribution in [2.75, 3.05) is 31.1 Å². The number of carbonyl (C=O) groups is 1. The van der Waals surface area contributed by atoms with E-state index < -0.39 is 11.9 Å². The molecule has 1 aromatic heterocycles. The van der Waals surface area contributed by atoms with Crippen LogP contribution >= 0.6 is 0 Å². The van der Waals surface area contributed by atoms with Gasteiger partial charge in [0.2, 0.25) is 0 Å². The second kappa shape index (κ2) is 9.77. The van der Waals surface area contributed by atoms with Gasteiger partial charge in [-0.3, -0.25) is 4.79 Å². The van der Waals surface area contributed by atoms with Crippen molar-refractivity contribution >= 4 is 11.7 Å². The highest BCUT2D eigenvalue weighted by molar-refractivity contribution is 5.81. The number of hydrogen-bond acceptors (Lipinski definition) is 5. The van der Waals surface area contributed by atoms with Crippen LogP contribution < -0.4 is 9.64 Å². The molecule has 2 heterocycles. The van der Waals surface area contributed by atoms with Crippen LogP contribution in [-0.2, 0) is 11.2 Å². The first-order valence-electron chi connectivity index (χ1n) is 10.9. The van der Waals surface area contributed by atoms with Gasteiger partial charge in [0, 0.05) is 31.7 Å². The molecule has 1 saturated heterocycles. The molecule has 1 amide bonds. The summed E-state index contributed by atoms with van der Waals surface area (Å²) in [5.41, 5.74) is 3.17. The van der Waals surface area contributed by atoms with Gasteiger partial charge in [-0.15, -0.1) is 10.2 Å². The van der Waals surface area contributed by atoms with Gasteiger partial charge in [-0.2, -0.15) is 0 Å². The SMILES string of the molecule is CCc1ccc(-c2ccc(N3CCN(C(=O)C(C)Oc4ccccc4F)CC3)nn2)cc1. The zero-order valence-electron chi connectivity index (χ0n) is 18.4. The highest BCUT2D eigenvalue weighted by Crippen LogP contribution is 2.21. The van der Waals surface area contributed by atoms with E-state index >= 15 is 0 Å². The third-order valence-corrected chi connectivity index (χ3v) is 5.71. The van der Waals surface area contributed by atoms with Crippen LogP contribution in [0.2, 0.25) is 0 Å². The molecular weight excluding hydrogens is 407 g/mol. The Balaban J connectivity index is 1.33. The summed E-state index contributed by atoms with van der Waals surface area (Å²) in [5, 5.41) is 8.79. The molecule has 1 fully saturated rings. The molecule has 7 heteroatoms. The zero-order chi connectivity index (χ0) is 22.5. The summed E-state index contributed by atoms with van der Waals surface area (Å²) in [6, 6.07) is 18.4. The fourth-order valence-corrected chi connectivity index (χ4v) is 3.75. The molecule has 1 atom stereocenters. The van der Waals surface area contributed by atoms with E-state index in [1.807, 2.05) is 12.1 Å². The predicted octanol–water partition coefficient (Wildman–Crippen LogP) is 3.96. The Labute approximate surface area is 187 Å². The Morgan fingerprint density at radius 3 is 2.34 bits per heavy atom. The lowest BCUT2D eigenvalue weighted by molar-refractivity contribution is -0.138. The average Bonchev–Trinajstić information content (AvgIpc) is 2.85. The third kappa shape index (κ3) is 4.88. The lowest BCUT2D eigenvalue weighted by Crippen LogP contribution is -2.52. The van der Waals surface area contributed by atoms with Crippen molar-refractivity contribution in [2.24, 2.45) is 0 Å². The summed E-state index contributed by atoms with van der Waals surface area (Å²) in [5.74, 6) is 0.263. The second-order valence-corrected chi connectivity index (χ2v) is 7.83. The highest BCUT2D eigenvalue weighted by atomic mass is 19.1. The average molecular weight is 435 g/mol. The highest BCUT2D eigenvalue weighted by Gasteiger charge is 2.27. The standard InChI is InChI=1S/C25H27FN4O2/c1-3-19-8-10-20(11-9-19)22-12-13-24(28-27-22)29-14-16-30(17-15-29)25(31)18(2)32-23-7-5-4-6-21(23)26/h4-13,18H,3,14-17H2,1-2H3. The van der Waals surface area contributed by atoms with Crippen molar-refractivity contribution < 1.29 is 13.9 Å². The predicted molar refractivity (Wildman–Crippen MR) is 122 cm³/mol. The summed E-state index contributed by atoms with van der Waals surface area (Å²) in [4.78, 5) is 16.6. The van der Waals surface area contributed by atoms with Crippen molar-refractivity contribution in [1.82, 2.24) is 15.1 Å². The minimum absolute atomic E-state index is 0.0895. The van der Waals surface area contributed by atoms with Crippen molar-refractivity contribution in [3.63, 3.8) is 0 Å². The van der Waals surface area contributed by atoms with Gasteiger partial charge in [0.05, 0.1) is 5.69 Å². The zero-order valence-corrected chi connectivity index (χ0v) is 18.4. The third-order valence-electron chi connectivity index (χ3n) is 5.71. The van der Waals surface area contributed by atoms with E-state index in [1.165, 1.54) is 17.7 Å². The number of halogens is 1. The number of amides is 1. The minimum Gasteiger partial charge on any atom is -0.478 e. The van der Waals surface area contributed by atoms with E-state index in [-0.39, 0.29) is 11.7 Å². The van der Waals surface area contributed by atoms with Crippen LogP contribution in [0, 0.1) is 5.82 Å². The smallest absolute Gasteiger partial charge is 0.263 e. The van der Waals surface area contributed by atoms with Crippen LogP contribution in [-0.4, -0.2) is 53.3 Å².